The number of aryl methyl sites for hydroxylation is 1. The van der Waals surface area contributed by atoms with Crippen molar-refractivity contribution >= 4 is 52.3 Å². The van der Waals surface area contributed by atoms with Gasteiger partial charge in [-0.05, 0) is 81.0 Å². The molecule has 1 aliphatic heterocycles. The maximum atomic E-state index is 13.8. The molecular formula is C53H67F3N10O10S. The van der Waals surface area contributed by atoms with Crippen LogP contribution in [0.2, 0.25) is 0 Å². The van der Waals surface area contributed by atoms with Crippen molar-refractivity contribution in [1.82, 2.24) is 34.9 Å². The number of ether oxygens (including phenoxy) is 3. The molecule has 3 atom stereocenters. The Kier molecular flexibility index (Phi) is 20.8. The van der Waals surface area contributed by atoms with Crippen LogP contribution in [0.4, 0.5) is 24.7 Å². The highest BCUT2D eigenvalue weighted by Crippen LogP contribution is 2.35. The van der Waals surface area contributed by atoms with E-state index in [1.54, 1.807) is 20.9 Å². The summed E-state index contributed by atoms with van der Waals surface area (Å²) in [5.74, 6) is -2.41. The largest absolute Gasteiger partial charge is 0.444 e. The van der Waals surface area contributed by atoms with Crippen molar-refractivity contribution in [3.8, 4) is 21.9 Å². The van der Waals surface area contributed by atoms with Gasteiger partial charge in [-0.3, -0.25) is 28.7 Å². The Labute approximate surface area is 448 Å². The number of carbonyl (C=O) groups excluding carboxylic acids is 5. The first-order chi connectivity index (χ1) is 36.9. The number of Topliss-reactive ketones (excluding diaryl/α,β-unsaturated/α-hetero) is 1. The number of oxazole rings is 1. The van der Waals surface area contributed by atoms with Crippen molar-refractivity contribution in [2.45, 2.75) is 109 Å². The summed E-state index contributed by atoms with van der Waals surface area (Å²) in [6, 6.07) is 9.81. The molecule has 4 amide bonds. The molecule has 5 heterocycles. The Balaban J connectivity index is 0.727. The van der Waals surface area contributed by atoms with Crippen LogP contribution in [-0.4, -0.2) is 135 Å². The van der Waals surface area contributed by atoms with E-state index >= 15 is 0 Å². The van der Waals surface area contributed by atoms with E-state index in [1.807, 2.05) is 50.5 Å². The molecule has 0 radical (unpaired) electrons. The lowest BCUT2D eigenvalue weighted by molar-refractivity contribution is -0.143. The number of nitrogens with one attached hydrogen (secondary N) is 3. The topological polar surface area (TPSA) is 268 Å². The fourth-order valence-electron chi connectivity index (χ4n) is 9.48. The van der Waals surface area contributed by atoms with Crippen molar-refractivity contribution in [1.29, 1.82) is 0 Å². The van der Waals surface area contributed by atoms with Gasteiger partial charge in [-0.15, -0.1) is 11.3 Å². The summed E-state index contributed by atoms with van der Waals surface area (Å²) >= 11 is 1.58. The SMILES string of the molecule is Cc1ncsc1-c1ccc(CNC(=O)[C@@H]2C[C@@H](O)CN2C(=O)[C@@H](CCCOCCOCCOCCCC(=O)C2CCC(n3cc(NC(=O)c4coc(-c5ccnc(NCC(F)(F)F)c5)n4)c(C(N)=O)n3)CC2)C(C)C)cc1. The molecule has 77 heavy (non-hydrogen) atoms. The zero-order valence-corrected chi connectivity index (χ0v) is 44.2. The molecule has 1 aromatic carbocycles. The van der Waals surface area contributed by atoms with Crippen LogP contribution in [0, 0.1) is 24.7 Å². The molecule has 7 rings (SSSR count). The highest BCUT2D eigenvalue weighted by atomic mass is 32.1. The number of hydrogen-bond acceptors (Lipinski definition) is 16. The van der Waals surface area contributed by atoms with Crippen molar-refractivity contribution in [3.05, 3.63) is 83.2 Å². The van der Waals surface area contributed by atoms with E-state index in [2.05, 4.69) is 36.0 Å². The Morgan fingerprint density at radius 2 is 1.64 bits per heavy atom. The summed E-state index contributed by atoms with van der Waals surface area (Å²) in [7, 11) is 0. The molecular weight excluding hydrogens is 1030 g/mol. The summed E-state index contributed by atoms with van der Waals surface area (Å²) in [5.41, 5.74) is 10.4. The number of amides is 4. The predicted octanol–water partition coefficient (Wildman–Crippen LogP) is 7.15. The number of likely N-dealkylation sites (tertiary alicyclic amines) is 1. The molecule has 2 fully saturated rings. The van der Waals surface area contributed by atoms with Crippen LogP contribution in [0.15, 0.2) is 65.0 Å². The minimum atomic E-state index is -4.45. The number of β-amino-alcohol motifs (C(OH)–C–C–N with tert-alkyl or cyclic N) is 1. The van der Waals surface area contributed by atoms with E-state index < -0.39 is 36.7 Å². The second-order valence-electron chi connectivity index (χ2n) is 19.6. The average Bonchev–Trinajstić information content (AvgIpc) is 4.26. The first-order valence-electron chi connectivity index (χ1n) is 25.9. The number of alkyl halides is 3. The molecule has 4 aromatic heterocycles. The van der Waals surface area contributed by atoms with Crippen molar-refractivity contribution in [2.75, 3.05) is 63.4 Å². The number of nitrogens with two attached hydrogens (primary N) is 1. The number of aliphatic hydroxyl groups is 1. The van der Waals surface area contributed by atoms with E-state index in [9.17, 15) is 42.3 Å². The number of halogens is 3. The number of aliphatic hydroxyl groups excluding tert-OH is 1. The van der Waals surface area contributed by atoms with Gasteiger partial charge in [0.05, 0.1) is 60.3 Å². The molecule has 24 heteroatoms. The standard InChI is InChI=1S/C53H67F3N10O10S/c1-32(2)40(52(72)65-27-39(67)25-43(65)50(71)59-26-34-8-10-36(11-9-34)47-33(3)61-31-77-47)6-4-18-73-20-22-75-23-21-74-19-5-7-44(68)35-12-14-38(15-13-35)66-28-41(46(64-66)48(57)69)62-49(70)42-29-76-51(63-42)37-16-17-58-45(24-37)60-30-53(54,55)56/h8-11,16-17,24,28-29,31-32,35,38-40,43,67H,4-7,12-15,18-23,25-27,30H2,1-3H3,(H2,57,69)(H,58,60)(H,59,71)(H,62,70)/t35?,38?,39-,40+,43+/m1/s1. The van der Waals surface area contributed by atoms with Crippen LogP contribution in [0.25, 0.3) is 21.9 Å². The minimum absolute atomic E-state index is 0.0254. The van der Waals surface area contributed by atoms with Gasteiger partial charge in [-0.25, -0.2) is 15.0 Å². The summed E-state index contributed by atoms with van der Waals surface area (Å²) < 4.78 is 62.1. The smallest absolute Gasteiger partial charge is 0.405 e. The second-order valence-corrected chi connectivity index (χ2v) is 20.5. The summed E-state index contributed by atoms with van der Waals surface area (Å²) in [4.78, 5) is 80.7. The lowest BCUT2D eigenvalue weighted by Crippen LogP contribution is -2.48. The fraction of sp³-hybridized carbons (Fsp3) is 0.528. The maximum absolute atomic E-state index is 13.8. The maximum Gasteiger partial charge on any atom is 0.405 e. The molecule has 0 unspecified atom stereocenters. The normalized spacial score (nSPS) is 18.1. The van der Waals surface area contributed by atoms with Crippen LogP contribution in [-0.2, 0) is 35.1 Å². The summed E-state index contributed by atoms with van der Waals surface area (Å²) in [6.07, 6.45) is 3.42. The predicted molar refractivity (Wildman–Crippen MR) is 278 cm³/mol. The van der Waals surface area contributed by atoms with Crippen LogP contribution in [0.1, 0.15) is 110 Å². The Morgan fingerprint density at radius 1 is 0.935 bits per heavy atom. The van der Waals surface area contributed by atoms with E-state index in [4.69, 9.17) is 24.4 Å². The lowest BCUT2D eigenvalue weighted by Gasteiger charge is -2.30. The number of rotatable bonds is 28. The fourth-order valence-corrected chi connectivity index (χ4v) is 10.3. The number of thiazole rings is 1. The zero-order chi connectivity index (χ0) is 55.1. The van der Waals surface area contributed by atoms with Gasteiger partial charge >= 0.3 is 6.18 Å². The Morgan fingerprint density at radius 3 is 2.30 bits per heavy atom. The van der Waals surface area contributed by atoms with Gasteiger partial charge in [0.15, 0.2) is 11.4 Å². The highest BCUT2D eigenvalue weighted by Gasteiger charge is 2.41. The second kappa shape index (κ2) is 27.6. The summed E-state index contributed by atoms with van der Waals surface area (Å²) in [5, 5.41) is 22.6. The number of hydrogen-bond donors (Lipinski definition) is 5. The van der Waals surface area contributed by atoms with Gasteiger partial charge in [0, 0.05) is 68.9 Å². The summed E-state index contributed by atoms with van der Waals surface area (Å²) in [6.45, 7) is 7.39. The van der Waals surface area contributed by atoms with Gasteiger partial charge in [0.2, 0.25) is 17.7 Å². The first kappa shape index (κ1) is 58.1. The number of pyridine rings is 1. The molecule has 1 aliphatic carbocycles. The van der Waals surface area contributed by atoms with E-state index in [0.717, 1.165) is 28.0 Å². The molecule has 2 aliphatic rings. The number of benzene rings is 1. The van der Waals surface area contributed by atoms with Crippen LogP contribution in [0.5, 0.6) is 0 Å². The molecule has 1 saturated carbocycles. The van der Waals surface area contributed by atoms with Crippen LogP contribution >= 0.6 is 11.3 Å². The molecule has 20 nitrogen and oxygen atoms in total. The third-order valence-corrected chi connectivity index (χ3v) is 14.6. The molecule has 0 spiro atoms. The van der Waals surface area contributed by atoms with E-state index in [1.165, 1.54) is 24.5 Å². The molecule has 0 bridgehead atoms. The Bertz CT molecular complexity index is 2760. The first-order valence-corrected chi connectivity index (χ1v) is 26.8. The van der Waals surface area contributed by atoms with E-state index in [-0.39, 0.29) is 88.7 Å². The number of carbonyl (C=O) groups is 5. The molecule has 6 N–H and O–H groups in total. The van der Waals surface area contributed by atoms with E-state index in [0.29, 0.717) is 97.6 Å². The lowest BCUT2D eigenvalue weighted by atomic mass is 9.82. The van der Waals surface area contributed by atoms with Gasteiger partial charge in [-0.1, -0.05) is 38.1 Å². The number of ketones is 1. The number of aromatic nitrogens is 5. The monoisotopic (exact) mass is 1090 g/mol. The Hall–Kier alpha value is -6.60. The van der Waals surface area contributed by atoms with Gasteiger partial charge in [-0.2, -0.15) is 18.3 Å². The van der Waals surface area contributed by atoms with Crippen LogP contribution in [0.3, 0.4) is 0 Å². The number of anilines is 2. The quantitative estimate of drug-likeness (QED) is 0.0311. The number of primary amides is 1. The molecule has 1 saturated heterocycles. The van der Waals surface area contributed by atoms with Crippen molar-refractivity contribution in [3.63, 3.8) is 0 Å². The van der Waals surface area contributed by atoms with Gasteiger partial charge < -0.3 is 50.3 Å². The molecule has 5 aromatic rings. The third kappa shape index (κ3) is 16.7. The van der Waals surface area contributed by atoms with Crippen molar-refractivity contribution < 1.29 is 60.9 Å². The highest BCUT2D eigenvalue weighted by molar-refractivity contribution is 7.13. The van der Waals surface area contributed by atoms with Gasteiger partial charge in [0.1, 0.15) is 30.5 Å². The minimum Gasteiger partial charge on any atom is -0.444 e. The van der Waals surface area contributed by atoms with Crippen LogP contribution < -0.4 is 21.7 Å². The third-order valence-electron chi connectivity index (χ3n) is 13.6. The average molecular weight is 1090 g/mol. The number of nitrogens with zero attached hydrogens (tertiary/aromatic N) is 6. The van der Waals surface area contributed by atoms with Gasteiger partial charge in [0.25, 0.3) is 11.8 Å². The molecule has 416 valence electrons. The van der Waals surface area contributed by atoms with Crippen molar-refractivity contribution in [2.24, 2.45) is 23.5 Å². The zero-order valence-electron chi connectivity index (χ0n) is 43.4.